The number of nitrogens with zero attached hydrogens (tertiary/aromatic N) is 4. The van der Waals surface area contributed by atoms with Crippen molar-refractivity contribution in [1.82, 2.24) is 19.6 Å². The molecular formula is C36H64N4O8. The molecule has 0 aromatic rings. The molecule has 0 N–H and O–H groups in total. The first kappa shape index (κ1) is 39.1. The highest BCUT2D eigenvalue weighted by Crippen LogP contribution is 2.45. The normalized spacial score (nSPS) is 39.5. The van der Waals surface area contributed by atoms with Crippen LogP contribution >= 0.6 is 0 Å². The number of fused-ring (bicyclic) bond motifs is 2. The molecular weight excluding hydrogens is 616 g/mol. The summed E-state index contributed by atoms with van der Waals surface area (Å²) in [6.07, 6.45) is -1.23. The molecule has 1 amide bonds. The fourth-order valence-corrected chi connectivity index (χ4v) is 8.12. The van der Waals surface area contributed by atoms with Gasteiger partial charge in [-0.1, -0.05) is 34.6 Å². The average molecular weight is 681 g/mol. The van der Waals surface area contributed by atoms with Crippen molar-refractivity contribution in [3.63, 3.8) is 0 Å². The lowest BCUT2D eigenvalue weighted by Crippen LogP contribution is -2.69. The van der Waals surface area contributed by atoms with Crippen LogP contribution in [-0.4, -0.2) is 153 Å². The lowest BCUT2D eigenvalue weighted by Gasteiger charge is -2.55. The van der Waals surface area contributed by atoms with Gasteiger partial charge in [0.1, 0.15) is 23.7 Å². The van der Waals surface area contributed by atoms with Gasteiger partial charge in [-0.2, -0.15) is 0 Å². The Balaban J connectivity index is 1.64. The first-order valence-electron chi connectivity index (χ1n) is 17.9. The zero-order chi connectivity index (χ0) is 35.9. The summed E-state index contributed by atoms with van der Waals surface area (Å²) in [5.74, 6) is -2.64. The number of esters is 1. The number of piperazine rings is 1. The van der Waals surface area contributed by atoms with E-state index in [0.717, 1.165) is 19.5 Å². The Morgan fingerprint density at radius 2 is 1.65 bits per heavy atom. The van der Waals surface area contributed by atoms with Gasteiger partial charge in [0.15, 0.2) is 17.9 Å². The van der Waals surface area contributed by atoms with Crippen LogP contribution in [-0.2, 0) is 38.1 Å². The quantitative estimate of drug-likeness (QED) is 0.323. The first-order valence-corrected chi connectivity index (χ1v) is 17.9. The number of methoxy groups -OCH3 is 1. The van der Waals surface area contributed by atoms with Crippen LogP contribution < -0.4 is 0 Å². The summed E-state index contributed by atoms with van der Waals surface area (Å²) in [4.78, 5) is 49.8. The van der Waals surface area contributed by atoms with E-state index in [4.69, 9.17) is 23.7 Å². The molecule has 0 aromatic carbocycles. The van der Waals surface area contributed by atoms with Crippen molar-refractivity contribution in [2.45, 2.75) is 124 Å². The van der Waals surface area contributed by atoms with E-state index in [2.05, 4.69) is 28.7 Å². The topological polar surface area (TPSA) is 110 Å². The molecule has 0 aliphatic carbocycles. The van der Waals surface area contributed by atoms with Crippen molar-refractivity contribution < 1.29 is 38.1 Å². The molecule has 276 valence electrons. The molecule has 0 aromatic heterocycles. The number of amides is 1. The third-order valence-electron chi connectivity index (χ3n) is 11.0. The van der Waals surface area contributed by atoms with Gasteiger partial charge in [0.05, 0.1) is 12.1 Å². The zero-order valence-corrected chi connectivity index (χ0v) is 31.9. The van der Waals surface area contributed by atoms with E-state index in [0.29, 0.717) is 32.6 Å². The summed E-state index contributed by atoms with van der Waals surface area (Å²) in [6, 6.07) is -0.130. The number of ether oxygens (including phenoxy) is 5. The Morgan fingerprint density at radius 3 is 2.21 bits per heavy atom. The zero-order valence-electron chi connectivity index (χ0n) is 31.9. The van der Waals surface area contributed by atoms with E-state index in [1.54, 1.807) is 27.9 Å². The van der Waals surface area contributed by atoms with Crippen molar-refractivity contribution in [3.05, 3.63) is 0 Å². The van der Waals surface area contributed by atoms with Crippen LogP contribution in [0.25, 0.3) is 0 Å². The number of hydrogen-bond donors (Lipinski definition) is 0. The minimum Gasteiger partial charge on any atom is -0.460 e. The predicted molar refractivity (Wildman–Crippen MR) is 182 cm³/mol. The van der Waals surface area contributed by atoms with Crippen LogP contribution in [0.1, 0.15) is 75.2 Å². The third kappa shape index (κ3) is 8.11. The number of Topliss-reactive ketones (excluding diaryl/α,β-unsaturated/α-hetero) is 1. The molecule has 0 bridgehead atoms. The third-order valence-corrected chi connectivity index (χ3v) is 11.0. The molecule has 4 aliphatic heterocycles. The van der Waals surface area contributed by atoms with Crippen molar-refractivity contribution in [2.24, 2.45) is 22.7 Å². The van der Waals surface area contributed by atoms with Crippen molar-refractivity contribution in [2.75, 3.05) is 67.5 Å². The minimum absolute atomic E-state index is 0.0242. The maximum Gasteiger partial charge on any atom is 0.319 e. The van der Waals surface area contributed by atoms with Crippen LogP contribution in [0.5, 0.6) is 0 Å². The van der Waals surface area contributed by atoms with Gasteiger partial charge in [0, 0.05) is 70.2 Å². The van der Waals surface area contributed by atoms with E-state index < -0.39 is 53.1 Å². The maximum atomic E-state index is 14.3. The smallest absolute Gasteiger partial charge is 0.319 e. The summed E-state index contributed by atoms with van der Waals surface area (Å²) in [7, 11) is 7.74. The Morgan fingerprint density at radius 1 is 1.02 bits per heavy atom. The Labute approximate surface area is 289 Å². The second kappa shape index (κ2) is 14.9. The molecule has 48 heavy (non-hydrogen) atoms. The highest BCUT2D eigenvalue weighted by molar-refractivity contribution is 6.04. The molecule has 4 rings (SSSR count). The van der Waals surface area contributed by atoms with Gasteiger partial charge in [-0.25, -0.2) is 0 Å². The first-order chi connectivity index (χ1) is 22.2. The van der Waals surface area contributed by atoms with Crippen LogP contribution in [0.4, 0.5) is 0 Å². The standard InChI is InChI=1S/C36H64N4O8/c1-22-19-36(44-13)30(47-31-28(48-36)26(37(10)11)18-23(2)45-31)24(3)29(41)35(8,9)33(43)46-25(4)27(38(12)20-22)21-39-14-16-40(17-15-39)32(42)34(5,6)7/h22-28,30-31H,14-21H2,1-13H3/t22-,23-,24+,25+,26+,27+,28-,30-,31+,36+/m1/s1. The molecule has 4 fully saturated rings. The van der Waals surface area contributed by atoms with Gasteiger partial charge < -0.3 is 33.5 Å². The molecule has 10 atom stereocenters. The van der Waals surface area contributed by atoms with E-state index in [1.165, 1.54) is 0 Å². The lowest BCUT2D eigenvalue weighted by molar-refractivity contribution is -0.424. The van der Waals surface area contributed by atoms with E-state index >= 15 is 0 Å². The van der Waals surface area contributed by atoms with E-state index in [1.807, 2.05) is 53.6 Å². The van der Waals surface area contributed by atoms with Gasteiger partial charge >= 0.3 is 5.97 Å². The molecule has 0 spiro atoms. The fourth-order valence-electron chi connectivity index (χ4n) is 8.12. The second-order valence-electron chi connectivity index (χ2n) is 16.8. The molecule has 12 heteroatoms. The highest BCUT2D eigenvalue weighted by atomic mass is 16.8. The maximum absolute atomic E-state index is 14.3. The highest BCUT2D eigenvalue weighted by Gasteiger charge is 2.59. The van der Waals surface area contributed by atoms with Crippen LogP contribution in [0.15, 0.2) is 0 Å². The van der Waals surface area contributed by atoms with Gasteiger partial charge in [-0.05, 0) is 61.2 Å². The SMILES string of the molecule is CO[C@]12C[C@@H](C)CN(C)[C@@H](CN3CCN(C(=O)C(C)(C)C)CC3)[C@H](C)OC(=O)C(C)(C)C(=O)[C@H](C)[C@H]1O[C@@H]1O[C@H](C)C[C@H](N(C)C)[C@H]1O2. The van der Waals surface area contributed by atoms with Crippen molar-refractivity contribution in [1.29, 1.82) is 0 Å². The van der Waals surface area contributed by atoms with Crippen LogP contribution in [0, 0.1) is 22.7 Å². The van der Waals surface area contributed by atoms with Crippen molar-refractivity contribution >= 4 is 17.7 Å². The average Bonchev–Trinajstić information content (AvgIpc) is 3.01. The lowest BCUT2D eigenvalue weighted by atomic mass is 9.76. The predicted octanol–water partition coefficient (Wildman–Crippen LogP) is 2.87. The fraction of sp³-hybridized carbons (Fsp3) is 0.917. The molecule has 4 aliphatic rings. The number of carbonyl (C=O) groups is 3. The Kier molecular flexibility index (Phi) is 12.1. The number of ketones is 1. The van der Waals surface area contributed by atoms with Gasteiger partial charge in [-0.15, -0.1) is 0 Å². The second-order valence-corrected chi connectivity index (χ2v) is 16.8. The van der Waals surface area contributed by atoms with Gasteiger partial charge in [0.2, 0.25) is 5.91 Å². The number of cyclic esters (lactones) is 1. The van der Waals surface area contributed by atoms with Crippen LogP contribution in [0.2, 0.25) is 0 Å². The summed E-state index contributed by atoms with van der Waals surface area (Å²) < 4.78 is 32.5. The largest absolute Gasteiger partial charge is 0.460 e. The van der Waals surface area contributed by atoms with Crippen LogP contribution in [0.3, 0.4) is 0 Å². The number of hydrogen-bond acceptors (Lipinski definition) is 11. The number of rotatable bonds is 4. The van der Waals surface area contributed by atoms with Crippen molar-refractivity contribution in [3.8, 4) is 0 Å². The Hall–Kier alpha value is -1.67. The van der Waals surface area contributed by atoms with Gasteiger partial charge in [-0.3, -0.25) is 24.2 Å². The summed E-state index contributed by atoms with van der Waals surface area (Å²) in [5.41, 5.74) is -1.86. The van der Waals surface area contributed by atoms with Gasteiger partial charge in [0.25, 0.3) is 0 Å². The Bertz CT molecular complexity index is 1150. The van der Waals surface area contributed by atoms with E-state index in [9.17, 15) is 14.4 Å². The monoisotopic (exact) mass is 680 g/mol. The molecule has 0 radical (unpaired) electrons. The number of carbonyl (C=O) groups excluding carboxylic acids is 3. The molecule has 0 unspecified atom stereocenters. The molecule has 12 nitrogen and oxygen atoms in total. The summed E-state index contributed by atoms with van der Waals surface area (Å²) >= 11 is 0. The molecule has 4 heterocycles. The number of likely N-dealkylation sites (N-methyl/N-ethyl adjacent to an activating group) is 2. The molecule has 4 saturated heterocycles. The minimum atomic E-state index is -1.44. The molecule has 0 saturated carbocycles. The summed E-state index contributed by atoms with van der Waals surface area (Å²) in [6.45, 7) is 21.1. The summed E-state index contributed by atoms with van der Waals surface area (Å²) in [5, 5.41) is 0. The van der Waals surface area contributed by atoms with E-state index in [-0.39, 0.29) is 35.8 Å².